The second-order valence-electron chi connectivity index (χ2n) is 8.61. The fourth-order valence-electron chi connectivity index (χ4n) is 3.71. The second-order valence-corrected chi connectivity index (χ2v) is 9.78. The lowest BCUT2D eigenvalue weighted by Gasteiger charge is -2.22. The molecule has 7 nitrogen and oxygen atoms in total. The van der Waals surface area contributed by atoms with Crippen LogP contribution in [0.4, 0.5) is 4.79 Å². The van der Waals surface area contributed by atoms with Gasteiger partial charge in [0.05, 0.1) is 6.54 Å². The lowest BCUT2D eigenvalue weighted by Crippen LogP contribution is -2.37. The lowest BCUT2D eigenvalue weighted by molar-refractivity contribution is -0.149. The molecule has 0 spiro atoms. The molecule has 0 radical (unpaired) electrons. The van der Waals surface area contributed by atoms with Crippen molar-refractivity contribution in [3.8, 4) is 11.5 Å². The average molecular weight is 538 g/mol. The van der Waals surface area contributed by atoms with Crippen LogP contribution < -0.4 is 9.47 Å². The predicted molar refractivity (Wildman–Crippen MR) is 149 cm³/mol. The summed E-state index contributed by atoms with van der Waals surface area (Å²) in [5.41, 5.74) is 1.74. The molecule has 3 rings (SSSR count). The van der Waals surface area contributed by atoms with Gasteiger partial charge >= 0.3 is 12.1 Å². The number of hydrogen-bond donors (Lipinski definition) is 1. The minimum Gasteiger partial charge on any atom is -0.492 e. The monoisotopic (exact) mass is 537 g/mol. The summed E-state index contributed by atoms with van der Waals surface area (Å²) in [5.74, 6) is 1.08. The zero-order valence-electron chi connectivity index (χ0n) is 21.9. The molecule has 3 aromatic carbocycles. The van der Waals surface area contributed by atoms with Gasteiger partial charge in [-0.05, 0) is 67.5 Å². The lowest BCUT2D eigenvalue weighted by atomic mass is 10.1. The highest BCUT2D eigenvalue weighted by molar-refractivity contribution is 7.99. The van der Waals surface area contributed by atoms with Gasteiger partial charge in [0.15, 0.2) is 6.10 Å². The highest BCUT2D eigenvalue weighted by atomic mass is 32.2. The summed E-state index contributed by atoms with van der Waals surface area (Å²) >= 11 is 1.76. The van der Waals surface area contributed by atoms with Gasteiger partial charge in [0, 0.05) is 24.5 Å². The maximum absolute atomic E-state index is 13.0. The average Bonchev–Trinajstić information content (AvgIpc) is 2.92. The van der Waals surface area contributed by atoms with Gasteiger partial charge in [0.2, 0.25) is 0 Å². The molecule has 0 saturated carbocycles. The van der Waals surface area contributed by atoms with E-state index in [0.29, 0.717) is 37.8 Å². The number of carboxylic acid groups (broad SMARTS) is 1. The molecule has 8 heteroatoms. The van der Waals surface area contributed by atoms with Crippen molar-refractivity contribution < 1.29 is 28.9 Å². The third-order valence-corrected chi connectivity index (χ3v) is 6.85. The van der Waals surface area contributed by atoms with Crippen LogP contribution in [0.3, 0.4) is 0 Å². The number of para-hydroxylation sites is 1. The van der Waals surface area contributed by atoms with E-state index in [0.717, 1.165) is 23.3 Å². The van der Waals surface area contributed by atoms with Crippen LogP contribution in [0.1, 0.15) is 24.5 Å². The summed E-state index contributed by atoms with van der Waals surface area (Å²) in [5, 5.41) is 9.28. The SMILES string of the molecule is CCOC(Cc1ccc(OCCN(CCCSc2ccccc2)C(=O)Oc2ccccc2C)cc1)C(=O)O. The molecule has 0 bridgehead atoms. The Kier molecular flexibility index (Phi) is 12.0. The molecule has 0 heterocycles. The van der Waals surface area contributed by atoms with E-state index in [9.17, 15) is 14.7 Å². The molecular formula is C30H35NO6S. The van der Waals surface area contributed by atoms with E-state index in [2.05, 4.69) is 12.1 Å². The van der Waals surface area contributed by atoms with Gasteiger partial charge in [0.25, 0.3) is 0 Å². The van der Waals surface area contributed by atoms with Crippen LogP contribution in [0.5, 0.6) is 11.5 Å². The van der Waals surface area contributed by atoms with E-state index in [1.165, 1.54) is 4.90 Å². The molecule has 3 aromatic rings. The molecule has 1 N–H and O–H groups in total. The summed E-state index contributed by atoms with van der Waals surface area (Å²) in [4.78, 5) is 27.2. The molecular weight excluding hydrogens is 502 g/mol. The van der Waals surface area contributed by atoms with Gasteiger partial charge in [-0.3, -0.25) is 0 Å². The van der Waals surface area contributed by atoms with Crippen molar-refractivity contribution in [3.63, 3.8) is 0 Å². The van der Waals surface area contributed by atoms with E-state index < -0.39 is 18.2 Å². The standard InChI is InChI=1S/C30H35NO6S/c1-3-35-28(29(32)33)22-24-14-16-25(17-15-24)36-20-19-31(18-9-21-38-26-11-5-4-6-12-26)30(34)37-27-13-8-7-10-23(27)2/h4-8,10-17,28H,3,9,18-22H2,1-2H3,(H,32,33). The zero-order chi connectivity index (χ0) is 27.2. The molecule has 0 fully saturated rings. The number of carbonyl (C=O) groups excluding carboxylic acids is 1. The summed E-state index contributed by atoms with van der Waals surface area (Å²) in [6.45, 7) is 5.23. The Bertz CT molecular complexity index is 1140. The number of benzene rings is 3. The molecule has 0 aliphatic rings. The highest BCUT2D eigenvalue weighted by Crippen LogP contribution is 2.20. The third-order valence-electron chi connectivity index (χ3n) is 5.75. The Morgan fingerprint density at radius 3 is 2.34 bits per heavy atom. The van der Waals surface area contributed by atoms with Crippen LogP contribution in [0.25, 0.3) is 0 Å². The number of amides is 1. The number of rotatable bonds is 15. The van der Waals surface area contributed by atoms with Crippen molar-refractivity contribution >= 4 is 23.8 Å². The second kappa shape index (κ2) is 15.7. The van der Waals surface area contributed by atoms with Crippen LogP contribution in [-0.2, 0) is 16.0 Å². The first-order chi connectivity index (χ1) is 18.5. The van der Waals surface area contributed by atoms with Gasteiger partial charge in [-0.15, -0.1) is 11.8 Å². The van der Waals surface area contributed by atoms with Gasteiger partial charge in [-0.2, -0.15) is 0 Å². The smallest absolute Gasteiger partial charge is 0.415 e. The number of ether oxygens (including phenoxy) is 3. The summed E-state index contributed by atoms with van der Waals surface area (Å²) in [7, 11) is 0. The van der Waals surface area contributed by atoms with Gasteiger partial charge < -0.3 is 24.2 Å². The Hall–Kier alpha value is -3.49. The fourth-order valence-corrected chi connectivity index (χ4v) is 4.57. The molecule has 1 amide bonds. The molecule has 1 unspecified atom stereocenters. The predicted octanol–water partition coefficient (Wildman–Crippen LogP) is 6.09. The number of carbonyl (C=O) groups is 2. The van der Waals surface area contributed by atoms with Crippen molar-refractivity contribution in [1.82, 2.24) is 4.90 Å². The molecule has 1 atom stereocenters. The van der Waals surface area contributed by atoms with E-state index in [4.69, 9.17) is 14.2 Å². The molecule has 202 valence electrons. The van der Waals surface area contributed by atoms with Gasteiger partial charge in [-0.1, -0.05) is 48.5 Å². The Labute approximate surface area is 228 Å². The van der Waals surface area contributed by atoms with Gasteiger partial charge in [0.1, 0.15) is 18.1 Å². The van der Waals surface area contributed by atoms with Crippen LogP contribution in [0.15, 0.2) is 83.8 Å². The number of nitrogens with zero attached hydrogens (tertiary/aromatic N) is 1. The van der Waals surface area contributed by atoms with Crippen LogP contribution >= 0.6 is 11.8 Å². The zero-order valence-corrected chi connectivity index (χ0v) is 22.7. The molecule has 0 saturated heterocycles. The van der Waals surface area contributed by atoms with Crippen molar-refractivity contribution in [2.24, 2.45) is 0 Å². The topological polar surface area (TPSA) is 85.3 Å². The molecule has 0 aliphatic carbocycles. The highest BCUT2D eigenvalue weighted by Gasteiger charge is 2.19. The van der Waals surface area contributed by atoms with Crippen LogP contribution in [-0.4, -0.2) is 60.2 Å². The number of carboxylic acids is 1. The van der Waals surface area contributed by atoms with Crippen molar-refractivity contribution in [2.45, 2.75) is 37.7 Å². The van der Waals surface area contributed by atoms with Crippen molar-refractivity contribution in [3.05, 3.63) is 90.0 Å². The Morgan fingerprint density at radius 2 is 1.66 bits per heavy atom. The van der Waals surface area contributed by atoms with Crippen molar-refractivity contribution in [2.75, 3.05) is 32.1 Å². The van der Waals surface area contributed by atoms with Crippen molar-refractivity contribution in [1.29, 1.82) is 0 Å². The molecule has 0 aromatic heterocycles. The summed E-state index contributed by atoms with van der Waals surface area (Å²) in [6.07, 6.45) is -0.191. The largest absolute Gasteiger partial charge is 0.492 e. The number of aliphatic carboxylic acids is 1. The molecule has 0 aliphatic heterocycles. The first kappa shape index (κ1) is 29.1. The normalized spacial score (nSPS) is 11.5. The van der Waals surface area contributed by atoms with Crippen LogP contribution in [0, 0.1) is 6.92 Å². The minimum atomic E-state index is -0.980. The Morgan fingerprint density at radius 1 is 0.947 bits per heavy atom. The Balaban J connectivity index is 1.54. The summed E-state index contributed by atoms with van der Waals surface area (Å²) in [6, 6.07) is 24.9. The van der Waals surface area contributed by atoms with Crippen LogP contribution in [0.2, 0.25) is 0 Å². The maximum atomic E-state index is 13.0. The quantitative estimate of drug-likeness (QED) is 0.185. The first-order valence-corrected chi connectivity index (χ1v) is 13.7. The van der Waals surface area contributed by atoms with E-state index in [1.54, 1.807) is 41.8 Å². The minimum absolute atomic E-state index is 0.281. The maximum Gasteiger partial charge on any atom is 0.415 e. The van der Waals surface area contributed by atoms with E-state index in [-0.39, 0.29) is 6.42 Å². The molecule has 38 heavy (non-hydrogen) atoms. The fraction of sp³-hybridized carbons (Fsp3) is 0.333. The number of aryl methyl sites for hydroxylation is 1. The van der Waals surface area contributed by atoms with Gasteiger partial charge in [-0.25, -0.2) is 9.59 Å². The third kappa shape index (κ3) is 9.76. The summed E-state index contributed by atoms with van der Waals surface area (Å²) < 4.78 is 16.9. The number of hydrogen-bond acceptors (Lipinski definition) is 6. The first-order valence-electron chi connectivity index (χ1n) is 12.7. The van der Waals surface area contributed by atoms with E-state index in [1.807, 2.05) is 55.5 Å². The van der Waals surface area contributed by atoms with E-state index >= 15 is 0 Å². The number of thioether (sulfide) groups is 1.